The van der Waals surface area contributed by atoms with Crippen molar-refractivity contribution in [2.45, 2.75) is 25.7 Å². The van der Waals surface area contributed by atoms with Crippen molar-refractivity contribution < 1.29 is 19.8 Å². The van der Waals surface area contributed by atoms with Crippen LogP contribution in [-0.4, -0.2) is 45.2 Å². The van der Waals surface area contributed by atoms with E-state index < -0.39 is 11.9 Å². The summed E-state index contributed by atoms with van der Waals surface area (Å²) in [7, 11) is 0. The van der Waals surface area contributed by atoms with Crippen LogP contribution in [0.15, 0.2) is 0 Å². The Morgan fingerprint density at radius 3 is 1.36 bits per heavy atom. The van der Waals surface area contributed by atoms with Gasteiger partial charge in [0.05, 0.1) is 0 Å². The summed E-state index contributed by atoms with van der Waals surface area (Å²) in [6.07, 6.45) is 1.02. The van der Waals surface area contributed by atoms with E-state index in [0.29, 0.717) is 12.8 Å². The van der Waals surface area contributed by atoms with Crippen LogP contribution in [0.4, 0.5) is 0 Å². The maximum Gasteiger partial charge on any atom is 2.00 e. The van der Waals surface area contributed by atoms with Gasteiger partial charge in [0.1, 0.15) is 0 Å². The van der Waals surface area contributed by atoms with Crippen molar-refractivity contribution in [1.29, 1.82) is 0 Å². The third-order valence-corrected chi connectivity index (χ3v) is 1.03. The Kier molecular flexibility index (Phi) is 9.45. The zero-order chi connectivity index (χ0) is 7.98. The molecule has 5 heteroatoms. The van der Waals surface area contributed by atoms with E-state index in [0.717, 1.165) is 0 Å². The molecule has 0 aliphatic rings. The van der Waals surface area contributed by atoms with Gasteiger partial charge in [0.25, 0.3) is 0 Å². The first-order valence-corrected chi connectivity index (χ1v) is 3.06. The summed E-state index contributed by atoms with van der Waals surface area (Å²) in [5, 5.41) is 16.3. The Labute approximate surface area is 80.7 Å². The summed E-state index contributed by atoms with van der Waals surface area (Å²) in [5.41, 5.74) is 0. The summed E-state index contributed by atoms with van der Waals surface area (Å²) in [6.45, 7) is 0. The minimum Gasteiger partial charge on any atom is -0.481 e. The fourth-order valence-corrected chi connectivity index (χ4v) is 0.552. The van der Waals surface area contributed by atoms with E-state index in [1.54, 1.807) is 0 Å². The minimum atomic E-state index is -0.870. The van der Waals surface area contributed by atoms with Gasteiger partial charge in [-0.05, 0) is 12.8 Å². The molecule has 0 unspecified atom stereocenters. The van der Waals surface area contributed by atoms with Crippen LogP contribution in [0, 0.1) is 0 Å². The van der Waals surface area contributed by atoms with Crippen LogP contribution in [0.25, 0.3) is 0 Å². The SMILES string of the molecule is O=C(O)CCCCC(=O)O.[Mg+2]. The molecular formula is C6H10MgO4+2. The van der Waals surface area contributed by atoms with Gasteiger partial charge < -0.3 is 10.2 Å². The van der Waals surface area contributed by atoms with Crippen LogP contribution in [-0.2, 0) is 9.59 Å². The summed E-state index contributed by atoms with van der Waals surface area (Å²) in [4.78, 5) is 19.8. The number of carbonyl (C=O) groups is 2. The number of carboxylic acids is 2. The first kappa shape index (κ1) is 13.3. The first-order chi connectivity index (χ1) is 4.63. The fraction of sp³-hybridized carbons (Fsp3) is 0.667. The molecule has 58 valence electrons. The van der Waals surface area contributed by atoms with Crippen molar-refractivity contribution in [3.8, 4) is 0 Å². The van der Waals surface area contributed by atoms with Gasteiger partial charge in [0.2, 0.25) is 0 Å². The Bertz CT molecular complexity index is 119. The van der Waals surface area contributed by atoms with Crippen molar-refractivity contribution in [3.05, 3.63) is 0 Å². The van der Waals surface area contributed by atoms with Crippen LogP contribution < -0.4 is 0 Å². The van der Waals surface area contributed by atoms with E-state index >= 15 is 0 Å². The van der Waals surface area contributed by atoms with Crippen LogP contribution in [0.5, 0.6) is 0 Å². The van der Waals surface area contributed by atoms with Gasteiger partial charge in [0, 0.05) is 12.8 Å². The van der Waals surface area contributed by atoms with Crippen molar-refractivity contribution in [2.24, 2.45) is 0 Å². The monoisotopic (exact) mass is 170 g/mol. The Hall–Kier alpha value is -0.294. The van der Waals surface area contributed by atoms with Crippen LogP contribution in [0.3, 0.4) is 0 Å². The first-order valence-electron chi connectivity index (χ1n) is 3.06. The standard InChI is InChI=1S/C6H10O4.Mg/c7-5(8)3-1-2-4-6(9)10;/h1-4H2,(H,7,8)(H,9,10);/q;+2. The van der Waals surface area contributed by atoms with Gasteiger partial charge in [-0.2, -0.15) is 0 Å². The molecule has 0 aromatic carbocycles. The van der Waals surface area contributed by atoms with Crippen LogP contribution in [0.1, 0.15) is 25.7 Å². The Morgan fingerprint density at radius 1 is 0.909 bits per heavy atom. The number of rotatable bonds is 5. The minimum absolute atomic E-state index is 0. The van der Waals surface area contributed by atoms with Gasteiger partial charge in [0.15, 0.2) is 0 Å². The van der Waals surface area contributed by atoms with Crippen molar-refractivity contribution in [1.82, 2.24) is 0 Å². The van der Waals surface area contributed by atoms with Crippen molar-refractivity contribution in [3.63, 3.8) is 0 Å². The molecule has 0 amide bonds. The molecule has 0 radical (unpaired) electrons. The maximum atomic E-state index is 9.90. The molecule has 0 aliphatic heterocycles. The van der Waals surface area contributed by atoms with Crippen LogP contribution in [0.2, 0.25) is 0 Å². The zero-order valence-corrected chi connectivity index (χ0v) is 7.66. The molecule has 0 rings (SSSR count). The second kappa shape index (κ2) is 7.81. The topological polar surface area (TPSA) is 74.6 Å². The molecule has 0 aromatic heterocycles. The van der Waals surface area contributed by atoms with Gasteiger partial charge in [-0.25, -0.2) is 0 Å². The summed E-state index contributed by atoms with van der Waals surface area (Å²) < 4.78 is 0. The van der Waals surface area contributed by atoms with Crippen molar-refractivity contribution in [2.75, 3.05) is 0 Å². The van der Waals surface area contributed by atoms with E-state index in [-0.39, 0.29) is 35.9 Å². The van der Waals surface area contributed by atoms with E-state index in [4.69, 9.17) is 10.2 Å². The Balaban J connectivity index is 0. The predicted molar refractivity (Wildman–Crippen MR) is 39.5 cm³/mol. The zero-order valence-electron chi connectivity index (χ0n) is 6.25. The van der Waals surface area contributed by atoms with E-state index in [1.807, 2.05) is 0 Å². The molecule has 0 saturated heterocycles. The number of aliphatic carboxylic acids is 2. The molecule has 0 atom stereocenters. The summed E-state index contributed by atoms with van der Waals surface area (Å²) >= 11 is 0. The maximum absolute atomic E-state index is 9.90. The average molecular weight is 170 g/mol. The molecule has 0 bridgehead atoms. The third-order valence-electron chi connectivity index (χ3n) is 1.03. The quantitative estimate of drug-likeness (QED) is 0.461. The fourth-order valence-electron chi connectivity index (χ4n) is 0.552. The predicted octanol–water partition coefficient (Wildman–Crippen LogP) is 0.335. The summed E-state index contributed by atoms with van der Waals surface area (Å²) in [6, 6.07) is 0. The van der Waals surface area contributed by atoms with Crippen LogP contribution >= 0.6 is 0 Å². The second-order valence-corrected chi connectivity index (χ2v) is 1.99. The van der Waals surface area contributed by atoms with Gasteiger partial charge in [-0.1, -0.05) is 0 Å². The van der Waals surface area contributed by atoms with E-state index in [9.17, 15) is 9.59 Å². The van der Waals surface area contributed by atoms with Gasteiger partial charge in [-0.3, -0.25) is 9.59 Å². The molecule has 0 aromatic rings. The summed E-state index contributed by atoms with van der Waals surface area (Å²) in [5.74, 6) is -1.74. The van der Waals surface area contributed by atoms with E-state index in [1.165, 1.54) is 0 Å². The Morgan fingerprint density at radius 2 is 1.18 bits per heavy atom. The third kappa shape index (κ3) is 12.8. The molecule has 11 heavy (non-hydrogen) atoms. The largest absolute Gasteiger partial charge is 2.00 e. The molecule has 4 nitrogen and oxygen atoms in total. The smallest absolute Gasteiger partial charge is 0.481 e. The molecule has 0 aliphatic carbocycles. The van der Waals surface area contributed by atoms with E-state index in [2.05, 4.69) is 0 Å². The molecule has 0 fully saturated rings. The number of hydrogen-bond acceptors (Lipinski definition) is 2. The molecular weight excluding hydrogens is 160 g/mol. The molecule has 2 N–H and O–H groups in total. The number of unbranched alkanes of at least 4 members (excludes halogenated alkanes) is 1. The van der Waals surface area contributed by atoms with Crippen molar-refractivity contribution >= 4 is 35.0 Å². The number of hydrogen-bond donors (Lipinski definition) is 2. The normalized spacial score (nSPS) is 8.36. The molecule has 0 spiro atoms. The molecule has 0 heterocycles. The number of carboxylic acid groups (broad SMARTS) is 2. The average Bonchev–Trinajstić information content (AvgIpc) is 1.79. The second-order valence-electron chi connectivity index (χ2n) is 1.99. The molecule has 0 saturated carbocycles. The van der Waals surface area contributed by atoms with Gasteiger partial charge >= 0.3 is 35.0 Å². The van der Waals surface area contributed by atoms with Gasteiger partial charge in [-0.15, -0.1) is 0 Å².